The first-order chi connectivity index (χ1) is 9.83. The molecule has 0 unspecified atom stereocenters. The molecule has 0 saturated heterocycles. The molecule has 0 saturated carbocycles. The molecule has 3 rings (SSSR count). The van der Waals surface area contributed by atoms with Crippen molar-refractivity contribution in [2.24, 2.45) is 0 Å². The fourth-order valence-electron chi connectivity index (χ4n) is 1.65. The van der Waals surface area contributed by atoms with E-state index in [4.69, 9.17) is 8.94 Å². The average Bonchev–Trinajstić information content (AvgIpc) is 3.20. The normalized spacial score (nSPS) is 10.6. The highest BCUT2D eigenvalue weighted by atomic mass is 16.5. The highest BCUT2D eigenvalue weighted by molar-refractivity contribution is 5.92. The summed E-state index contributed by atoms with van der Waals surface area (Å²) in [7, 11) is 0. The second-order valence-corrected chi connectivity index (χ2v) is 4.00. The van der Waals surface area contributed by atoms with Crippen LogP contribution in [0.5, 0.6) is 0 Å². The van der Waals surface area contributed by atoms with E-state index in [2.05, 4.69) is 20.6 Å². The first-order valence-corrected chi connectivity index (χ1v) is 5.93. The molecule has 0 aliphatic heterocycles. The van der Waals surface area contributed by atoms with E-state index in [1.54, 1.807) is 23.1 Å². The van der Waals surface area contributed by atoms with Crippen LogP contribution in [0.3, 0.4) is 0 Å². The van der Waals surface area contributed by atoms with Crippen LogP contribution in [0.25, 0.3) is 11.3 Å². The topological polar surface area (TPSA) is 99.0 Å². The van der Waals surface area contributed by atoms with Crippen LogP contribution in [-0.4, -0.2) is 32.4 Å². The first kappa shape index (κ1) is 12.2. The monoisotopic (exact) mass is 273 g/mol. The molecule has 102 valence electrons. The third kappa shape index (κ3) is 2.58. The Morgan fingerprint density at radius 2 is 2.40 bits per heavy atom. The molecule has 3 heterocycles. The molecular weight excluding hydrogens is 262 g/mol. The zero-order valence-electron chi connectivity index (χ0n) is 10.4. The van der Waals surface area contributed by atoms with E-state index in [9.17, 15) is 4.79 Å². The van der Waals surface area contributed by atoms with Gasteiger partial charge >= 0.3 is 0 Å². The maximum atomic E-state index is 11.9. The quantitative estimate of drug-likeness (QED) is 0.743. The summed E-state index contributed by atoms with van der Waals surface area (Å²) in [6, 6.07) is 3.29. The lowest BCUT2D eigenvalue weighted by Crippen LogP contribution is -2.27. The molecular formula is C12H11N5O3. The maximum Gasteiger partial charge on any atom is 0.273 e. The van der Waals surface area contributed by atoms with Gasteiger partial charge in [-0.25, -0.2) is 4.98 Å². The SMILES string of the molecule is O=C(NCCn1cncn1)c1cc(-c2ccoc2)on1. The van der Waals surface area contributed by atoms with E-state index in [0.717, 1.165) is 5.56 Å². The van der Waals surface area contributed by atoms with Gasteiger partial charge in [0.05, 0.1) is 18.4 Å². The van der Waals surface area contributed by atoms with Crippen molar-refractivity contribution in [3.8, 4) is 11.3 Å². The van der Waals surface area contributed by atoms with Gasteiger partial charge in [-0.15, -0.1) is 0 Å². The summed E-state index contributed by atoms with van der Waals surface area (Å²) in [5.74, 6) is 0.184. The number of nitrogens with one attached hydrogen (secondary N) is 1. The van der Waals surface area contributed by atoms with Crippen LogP contribution < -0.4 is 5.32 Å². The third-order valence-corrected chi connectivity index (χ3v) is 2.64. The van der Waals surface area contributed by atoms with E-state index < -0.39 is 0 Å². The van der Waals surface area contributed by atoms with Crippen LogP contribution in [0, 0.1) is 0 Å². The second-order valence-electron chi connectivity index (χ2n) is 4.00. The summed E-state index contributed by atoms with van der Waals surface area (Å²) in [6.07, 6.45) is 6.07. The van der Waals surface area contributed by atoms with Crippen molar-refractivity contribution in [3.63, 3.8) is 0 Å². The zero-order valence-corrected chi connectivity index (χ0v) is 10.4. The summed E-state index contributed by atoms with van der Waals surface area (Å²) >= 11 is 0. The Bertz CT molecular complexity index is 672. The smallest absolute Gasteiger partial charge is 0.273 e. The summed E-state index contributed by atoms with van der Waals surface area (Å²) in [4.78, 5) is 15.7. The Hall–Kier alpha value is -2.90. The molecule has 0 aliphatic rings. The number of amides is 1. The molecule has 3 aromatic heterocycles. The van der Waals surface area contributed by atoms with Crippen molar-refractivity contribution in [2.45, 2.75) is 6.54 Å². The molecule has 0 bridgehead atoms. The second kappa shape index (κ2) is 5.39. The summed E-state index contributed by atoms with van der Waals surface area (Å²) < 4.78 is 11.6. The molecule has 8 nitrogen and oxygen atoms in total. The standard InChI is InChI=1S/C12H11N5O3/c18-12(14-2-3-17-8-13-7-15-17)10-5-11(20-16-10)9-1-4-19-6-9/h1,4-8H,2-3H2,(H,14,18). The highest BCUT2D eigenvalue weighted by Crippen LogP contribution is 2.20. The fraction of sp³-hybridized carbons (Fsp3) is 0.167. The highest BCUT2D eigenvalue weighted by Gasteiger charge is 2.13. The lowest BCUT2D eigenvalue weighted by Gasteiger charge is -2.01. The largest absolute Gasteiger partial charge is 0.472 e. The molecule has 1 N–H and O–H groups in total. The van der Waals surface area contributed by atoms with Gasteiger partial charge in [-0.1, -0.05) is 5.16 Å². The Kier molecular flexibility index (Phi) is 3.27. The van der Waals surface area contributed by atoms with E-state index in [0.29, 0.717) is 18.8 Å². The lowest BCUT2D eigenvalue weighted by molar-refractivity contribution is 0.0943. The molecule has 20 heavy (non-hydrogen) atoms. The van der Waals surface area contributed by atoms with E-state index in [-0.39, 0.29) is 11.6 Å². The van der Waals surface area contributed by atoms with Gasteiger partial charge < -0.3 is 14.3 Å². The number of rotatable bonds is 5. The van der Waals surface area contributed by atoms with Crippen LogP contribution in [0.4, 0.5) is 0 Å². The number of carbonyl (C=O) groups is 1. The Morgan fingerprint density at radius 3 is 3.15 bits per heavy atom. The van der Waals surface area contributed by atoms with Crippen LogP contribution in [-0.2, 0) is 6.54 Å². The molecule has 0 atom stereocenters. The van der Waals surface area contributed by atoms with Crippen molar-refractivity contribution < 1.29 is 13.7 Å². The molecule has 0 aromatic carbocycles. The number of furan rings is 1. The Morgan fingerprint density at radius 1 is 1.45 bits per heavy atom. The predicted molar refractivity (Wildman–Crippen MR) is 66.6 cm³/mol. The minimum atomic E-state index is -0.302. The van der Waals surface area contributed by atoms with Crippen LogP contribution in [0.2, 0.25) is 0 Å². The van der Waals surface area contributed by atoms with Crippen molar-refractivity contribution in [2.75, 3.05) is 6.54 Å². The number of nitrogens with zero attached hydrogens (tertiary/aromatic N) is 4. The Labute approximate surface area is 113 Å². The van der Waals surface area contributed by atoms with Crippen LogP contribution in [0.1, 0.15) is 10.5 Å². The van der Waals surface area contributed by atoms with Crippen molar-refractivity contribution >= 4 is 5.91 Å². The van der Waals surface area contributed by atoms with E-state index >= 15 is 0 Å². The molecule has 0 fully saturated rings. The van der Waals surface area contributed by atoms with Gasteiger partial charge in [0.15, 0.2) is 11.5 Å². The summed E-state index contributed by atoms with van der Waals surface area (Å²) in [5.41, 5.74) is 0.957. The van der Waals surface area contributed by atoms with Crippen LogP contribution in [0.15, 0.2) is 46.3 Å². The number of hydrogen-bond acceptors (Lipinski definition) is 6. The lowest BCUT2D eigenvalue weighted by atomic mass is 10.2. The number of hydrogen-bond donors (Lipinski definition) is 1. The molecule has 0 radical (unpaired) electrons. The maximum absolute atomic E-state index is 11.9. The minimum Gasteiger partial charge on any atom is -0.472 e. The van der Waals surface area contributed by atoms with Crippen molar-refractivity contribution in [1.29, 1.82) is 0 Å². The summed E-state index contributed by atoms with van der Waals surface area (Å²) in [5, 5.41) is 10.4. The predicted octanol–water partition coefficient (Wildman–Crippen LogP) is 0.956. The van der Waals surface area contributed by atoms with Crippen LogP contribution >= 0.6 is 0 Å². The number of carbonyl (C=O) groups excluding carboxylic acids is 1. The fourth-order valence-corrected chi connectivity index (χ4v) is 1.65. The Balaban J connectivity index is 1.57. The first-order valence-electron chi connectivity index (χ1n) is 5.93. The van der Waals surface area contributed by atoms with Gasteiger partial charge in [-0.05, 0) is 6.07 Å². The van der Waals surface area contributed by atoms with Crippen molar-refractivity contribution in [1.82, 2.24) is 25.2 Å². The third-order valence-electron chi connectivity index (χ3n) is 2.64. The zero-order chi connectivity index (χ0) is 13.8. The number of aromatic nitrogens is 4. The molecule has 0 aliphatic carbocycles. The van der Waals surface area contributed by atoms with E-state index in [1.807, 2.05) is 0 Å². The molecule has 8 heteroatoms. The van der Waals surface area contributed by atoms with Gasteiger partial charge in [0.2, 0.25) is 0 Å². The minimum absolute atomic E-state index is 0.222. The van der Waals surface area contributed by atoms with Gasteiger partial charge in [0, 0.05) is 12.6 Å². The van der Waals surface area contributed by atoms with Gasteiger partial charge in [0.25, 0.3) is 5.91 Å². The van der Waals surface area contributed by atoms with Gasteiger partial charge in [-0.2, -0.15) is 5.10 Å². The molecule has 1 amide bonds. The van der Waals surface area contributed by atoms with Gasteiger partial charge in [-0.3, -0.25) is 9.48 Å². The molecule has 3 aromatic rings. The summed E-state index contributed by atoms with van der Waals surface area (Å²) in [6.45, 7) is 0.967. The average molecular weight is 273 g/mol. The molecule has 0 spiro atoms. The van der Waals surface area contributed by atoms with Crippen molar-refractivity contribution in [3.05, 3.63) is 43.0 Å². The van der Waals surface area contributed by atoms with Gasteiger partial charge in [0.1, 0.15) is 18.9 Å². The van der Waals surface area contributed by atoms with E-state index in [1.165, 1.54) is 18.9 Å².